The third-order valence-electron chi connectivity index (χ3n) is 4.45. The first kappa shape index (κ1) is 22.3. The number of anilines is 1. The Morgan fingerprint density at radius 2 is 1.69 bits per heavy atom. The quantitative estimate of drug-likeness (QED) is 0.586. The van der Waals surface area contributed by atoms with Crippen LogP contribution in [0.5, 0.6) is 0 Å². The van der Waals surface area contributed by atoms with Crippen molar-refractivity contribution in [3.8, 4) is 11.3 Å². The van der Waals surface area contributed by atoms with Gasteiger partial charge < -0.3 is 14.8 Å². The van der Waals surface area contributed by atoms with E-state index in [1.807, 2.05) is 0 Å². The molecular formula is C22H18FN3O6. The Bertz CT molecular complexity index is 1240. The van der Waals surface area contributed by atoms with E-state index in [0.29, 0.717) is 11.3 Å². The maximum absolute atomic E-state index is 13.1. The van der Waals surface area contributed by atoms with Gasteiger partial charge in [-0.3, -0.25) is 14.2 Å². The van der Waals surface area contributed by atoms with E-state index in [2.05, 4.69) is 15.0 Å². The molecule has 0 fully saturated rings. The number of methoxy groups -OCH3 is 2. The largest absolute Gasteiger partial charge is 0.465 e. The molecular weight excluding hydrogens is 421 g/mol. The Labute approximate surface area is 181 Å². The van der Waals surface area contributed by atoms with Crippen LogP contribution >= 0.6 is 0 Å². The molecule has 0 aliphatic heterocycles. The molecule has 32 heavy (non-hydrogen) atoms. The molecule has 3 aromatic rings. The maximum Gasteiger partial charge on any atom is 0.339 e. The number of aromatic nitrogens is 2. The highest BCUT2D eigenvalue weighted by Gasteiger charge is 2.18. The second kappa shape index (κ2) is 9.65. The van der Waals surface area contributed by atoms with E-state index < -0.39 is 35.8 Å². The highest BCUT2D eigenvalue weighted by molar-refractivity contribution is 6.03. The van der Waals surface area contributed by atoms with Crippen LogP contribution in [0, 0.1) is 5.82 Å². The molecule has 164 valence electrons. The fourth-order valence-electron chi connectivity index (χ4n) is 2.85. The third kappa shape index (κ3) is 5.04. The molecule has 0 radical (unpaired) electrons. The minimum Gasteiger partial charge on any atom is -0.465 e. The number of halogens is 1. The summed E-state index contributed by atoms with van der Waals surface area (Å²) in [5.41, 5.74) is 0.510. The predicted octanol–water partition coefficient (Wildman–Crippen LogP) is 2.26. The first-order valence-electron chi connectivity index (χ1n) is 9.25. The van der Waals surface area contributed by atoms with E-state index in [4.69, 9.17) is 4.74 Å². The summed E-state index contributed by atoms with van der Waals surface area (Å²) < 4.78 is 23.5. The molecule has 0 bridgehead atoms. The van der Waals surface area contributed by atoms with Gasteiger partial charge in [0.1, 0.15) is 12.4 Å². The molecule has 9 nitrogen and oxygen atoms in total. The van der Waals surface area contributed by atoms with Crippen molar-refractivity contribution in [3.63, 3.8) is 0 Å². The van der Waals surface area contributed by atoms with Crippen LogP contribution in [0.1, 0.15) is 20.7 Å². The van der Waals surface area contributed by atoms with Crippen molar-refractivity contribution in [2.75, 3.05) is 19.5 Å². The van der Waals surface area contributed by atoms with Gasteiger partial charge in [-0.2, -0.15) is 0 Å². The van der Waals surface area contributed by atoms with Gasteiger partial charge in [-0.25, -0.2) is 19.0 Å². The summed E-state index contributed by atoms with van der Waals surface area (Å²) in [6, 6.07) is 10.6. The highest BCUT2D eigenvalue weighted by atomic mass is 19.1. The number of hydrogen-bond donors (Lipinski definition) is 1. The number of amides is 1. The Balaban J connectivity index is 1.82. The smallest absolute Gasteiger partial charge is 0.339 e. The lowest BCUT2D eigenvalue weighted by Gasteiger charge is -2.12. The van der Waals surface area contributed by atoms with Crippen molar-refractivity contribution in [1.29, 1.82) is 0 Å². The summed E-state index contributed by atoms with van der Waals surface area (Å²) in [7, 11) is 2.37. The summed E-state index contributed by atoms with van der Waals surface area (Å²) >= 11 is 0. The minimum atomic E-state index is -0.723. The molecule has 10 heteroatoms. The average molecular weight is 439 g/mol. The van der Waals surface area contributed by atoms with E-state index in [1.54, 1.807) is 0 Å². The molecule has 0 aliphatic carbocycles. The van der Waals surface area contributed by atoms with Crippen LogP contribution < -0.4 is 10.9 Å². The zero-order chi connectivity index (χ0) is 23.3. The van der Waals surface area contributed by atoms with Crippen molar-refractivity contribution >= 4 is 23.5 Å². The van der Waals surface area contributed by atoms with Gasteiger partial charge in [0.05, 0.1) is 43.1 Å². The number of benzene rings is 2. The lowest BCUT2D eigenvalue weighted by molar-refractivity contribution is -0.116. The molecule has 3 rings (SSSR count). The maximum atomic E-state index is 13.1. The van der Waals surface area contributed by atoms with E-state index >= 15 is 0 Å². The average Bonchev–Trinajstić information content (AvgIpc) is 2.79. The molecule has 0 aliphatic rings. The second-order valence-corrected chi connectivity index (χ2v) is 6.54. The summed E-state index contributed by atoms with van der Waals surface area (Å²) in [5, 5.41) is 2.50. The number of hydrogen-bond acceptors (Lipinski definition) is 7. The number of nitrogens with zero attached hydrogens (tertiary/aromatic N) is 2. The lowest BCUT2D eigenvalue weighted by atomic mass is 10.1. The van der Waals surface area contributed by atoms with Crippen molar-refractivity contribution in [1.82, 2.24) is 9.55 Å². The molecule has 1 aromatic heterocycles. The number of carbonyl (C=O) groups is 3. The van der Waals surface area contributed by atoms with E-state index in [-0.39, 0.29) is 16.8 Å². The van der Waals surface area contributed by atoms with E-state index in [1.165, 1.54) is 69.1 Å². The number of ether oxygens (including phenoxy) is 2. The van der Waals surface area contributed by atoms with Gasteiger partial charge in [0.15, 0.2) is 0 Å². The Morgan fingerprint density at radius 1 is 1.00 bits per heavy atom. The van der Waals surface area contributed by atoms with Gasteiger partial charge in [-0.1, -0.05) is 0 Å². The molecule has 1 heterocycles. The third-order valence-corrected chi connectivity index (χ3v) is 4.45. The van der Waals surface area contributed by atoms with Crippen LogP contribution in [-0.4, -0.2) is 41.6 Å². The normalized spacial score (nSPS) is 10.3. The fourth-order valence-corrected chi connectivity index (χ4v) is 2.85. The summed E-state index contributed by atoms with van der Waals surface area (Å²) in [6.07, 6.45) is 1.19. The fraction of sp³-hybridized carbons (Fsp3) is 0.136. The number of esters is 2. The topological polar surface area (TPSA) is 117 Å². The van der Waals surface area contributed by atoms with Gasteiger partial charge in [0.2, 0.25) is 5.91 Å². The van der Waals surface area contributed by atoms with Crippen molar-refractivity contribution in [2.45, 2.75) is 6.54 Å². The molecule has 0 spiro atoms. The van der Waals surface area contributed by atoms with Gasteiger partial charge in [0, 0.05) is 11.6 Å². The number of carbonyl (C=O) groups excluding carboxylic acids is 3. The van der Waals surface area contributed by atoms with Crippen LogP contribution in [0.25, 0.3) is 11.3 Å². The summed E-state index contributed by atoms with van der Waals surface area (Å²) in [4.78, 5) is 52.8. The number of nitrogens with one attached hydrogen (secondary N) is 1. The minimum absolute atomic E-state index is 0.0191. The van der Waals surface area contributed by atoms with Crippen molar-refractivity contribution in [3.05, 3.63) is 82.2 Å². The zero-order valence-electron chi connectivity index (χ0n) is 17.1. The molecule has 1 amide bonds. The molecule has 0 saturated carbocycles. The van der Waals surface area contributed by atoms with Crippen LogP contribution in [-0.2, 0) is 20.8 Å². The zero-order valence-corrected chi connectivity index (χ0v) is 17.1. The molecule has 0 unspecified atom stereocenters. The first-order chi connectivity index (χ1) is 15.3. The van der Waals surface area contributed by atoms with Crippen molar-refractivity contribution < 1.29 is 28.2 Å². The van der Waals surface area contributed by atoms with Crippen molar-refractivity contribution in [2.24, 2.45) is 0 Å². The van der Waals surface area contributed by atoms with Crippen LogP contribution in [0.4, 0.5) is 10.1 Å². The van der Waals surface area contributed by atoms with Gasteiger partial charge in [0.25, 0.3) is 5.56 Å². The monoisotopic (exact) mass is 439 g/mol. The highest BCUT2D eigenvalue weighted by Crippen LogP contribution is 2.20. The van der Waals surface area contributed by atoms with Gasteiger partial charge >= 0.3 is 11.9 Å². The Kier molecular flexibility index (Phi) is 6.74. The SMILES string of the molecule is COC(=O)c1ccc(C(=O)OC)c(NC(=O)Cn2cnc(-c3ccc(F)cc3)cc2=O)c1. The molecule has 0 saturated heterocycles. The number of rotatable bonds is 6. The Hall–Kier alpha value is -4.34. The molecule has 0 atom stereocenters. The van der Waals surface area contributed by atoms with E-state index in [9.17, 15) is 23.6 Å². The Morgan fingerprint density at radius 3 is 2.31 bits per heavy atom. The van der Waals surface area contributed by atoms with Gasteiger partial charge in [-0.05, 0) is 42.5 Å². The second-order valence-electron chi connectivity index (χ2n) is 6.54. The van der Waals surface area contributed by atoms with Gasteiger partial charge in [-0.15, -0.1) is 0 Å². The van der Waals surface area contributed by atoms with Crippen LogP contribution in [0.2, 0.25) is 0 Å². The molecule has 1 N–H and O–H groups in total. The van der Waals surface area contributed by atoms with Crippen LogP contribution in [0.3, 0.4) is 0 Å². The molecule has 2 aromatic carbocycles. The lowest BCUT2D eigenvalue weighted by Crippen LogP contribution is -2.28. The predicted molar refractivity (Wildman–Crippen MR) is 112 cm³/mol. The summed E-state index contributed by atoms with van der Waals surface area (Å²) in [6.45, 7) is -0.404. The first-order valence-corrected chi connectivity index (χ1v) is 9.25. The summed E-state index contributed by atoms with van der Waals surface area (Å²) in [5.74, 6) is -2.44. The van der Waals surface area contributed by atoms with E-state index in [0.717, 1.165) is 4.57 Å². The standard InChI is InChI=1S/C22H18FN3O6/c1-31-21(29)14-5-8-16(22(30)32-2)18(9-14)25-19(27)11-26-12-24-17(10-20(26)28)13-3-6-15(23)7-4-13/h3-10,12H,11H2,1-2H3,(H,25,27). The van der Waals surface area contributed by atoms with Crippen LogP contribution in [0.15, 0.2) is 59.7 Å².